The quantitative estimate of drug-likeness (QED) is 0.379. The summed E-state index contributed by atoms with van der Waals surface area (Å²) in [7, 11) is 4.03. The molecular weight excluding hydrogens is 378 g/mol. The molecule has 4 rings (SSSR count). The lowest BCUT2D eigenvalue weighted by molar-refractivity contribution is 0.603. The summed E-state index contributed by atoms with van der Waals surface area (Å²) in [6, 6.07) is 24.1. The van der Waals surface area contributed by atoms with Crippen LogP contribution >= 0.6 is 11.3 Å². The van der Waals surface area contributed by atoms with Crippen molar-refractivity contribution in [3.63, 3.8) is 0 Å². The number of nitriles is 2. The van der Waals surface area contributed by atoms with Crippen molar-refractivity contribution >= 4 is 33.9 Å². The lowest BCUT2D eigenvalue weighted by Crippen LogP contribution is -2.07. The fourth-order valence-corrected chi connectivity index (χ4v) is 4.13. The minimum Gasteiger partial charge on any atom is -0.454 e. The number of nitrogens with zero attached hydrogens (tertiary/aromatic N) is 3. The van der Waals surface area contributed by atoms with Gasteiger partial charge in [-0.25, -0.2) is 0 Å². The Morgan fingerprint density at radius 2 is 1.55 bits per heavy atom. The van der Waals surface area contributed by atoms with E-state index in [4.69, 9.17) is 14.9 Å². The summed E-state index contributed by atoms with van der Waals surface area (Å²) in [5, 5.41) is 20.1. The van der Waals surface area contributed by atoms with E-state index < -0.39 is 0 Å². The molecule has 0 atom stereocenters. The number of hydrogen-bond acceptors (Lipinski definition) is 5. The molecule has 0 amide bonds. The third-order valence-corrected chi connectivity index (χ3v) is 5.68. The molecule has 0 spiro atoms. The van der Waals surface area contributed by atoms with Gasteiger partial charge in [-0.3, -0.25) is 0 Å². The maximum atomic E-state index is 8.98. The lowest BCUT2D eigenvalue weighted by atomic mass is 10.1. The van der Waals surface area contributed by atoms with Crippen molar-refractivity contribution in [2.24, 2.45) is 0 Å². The van der Waals surface area contributed by atoms with Crippen molar-refractivity contribution in [1.82, 2.24) is 0 Å². The van der Waals surface area contributed by atoms with Crippen molar-refractivity contribution in [3.8, 4) is 34.1 Å². The predicted octanol–water partition coefficient (Wildman–Crippen LogP) is 6.32. The van der Waals surface area contributed by atoms with E-state index in [2.05, 4.69) is 41.3 Å². The number of furan rings is 1. The Labute approximate surface area is 173 Å². The maximum Gasteiger partial charge on any atom is 0.152 e. The van der Waals surface area contributed by atoms with Crippen LogP contribution in [0.5, 0.6) is 0 Å². The van der Waals surface area contributed by atoms with Gasteiger partial charge in [-0.05, 0) is 42.5 Å². The lowest BCUT2D eigenvalue weighted by Gasteiger charge is -2.12. The average molecular weight is 395 g/mol. The zero-order valence-corrected chi connectivity index (χ0v) is 16.8. The fraction of sp³-hybridized carbons (Fsp3) is 0.0833. The van der Waals surface area contributed by atoms with Crippen LogP contribution in [0.1, 0.15) is 4.88 Å². The van der Waals surface area contributed by atoms with E-state index in [9.17, 15) is 0 Å². The smallest absolute Gasteiger partial charge is 0.152 e. The molecule has 0 aliphatic rings. The molecule has 2 heterocycles. The Kier molecular flexibility index (Phi) is 4.91. The Morgan fingerprint density at radius 1 is 0.897 bits per heavy atom. The van der Waals surface area contributed by atoms with Crippen LogP contribution in [0, 0.1) is 22.7 Å². The van der Waals surface area contributed by atoms with E-state index in [-0.39, 0.29) is 5.57 Å². The number of benzene rings is 2. The first-order chi connectivity index (χ1) is 14.1. The summed E-state index contributed by atoms with van der Waals surface area (Å²) in [6.45, 7) is 0. The number of thiophene rings is 1. The number of fused-ring (bicyclic) bond motifs is 1. The molecule has 4 aromatic rings. The highest BCUT2D eigenvalue weighted by molar-refractivity contribution is 7.16. The van der Waals surface area contributed by atoms with Crippen LogP contribution in [-0.4, -0.2) is 14.1 Å². The summed E-state index contributed by atoms with van der Waals surface area (Å²) in [5.74, 6) is 1.63. The maximum absolute atomic E-state index is 8.98. The van der Waals surface area contributed by atoms with E-state index >= 15 is 0 Å². The van der Waals surface area contributed by atoms with Gasteiger partial charge in [0.1, 0.15) is 23.5 Å². The monoisotopic (exact) mass is 395 g/mol. The summed E-state index contributed by atoms with van der Waals surface area (Å²) in [6.07, 6.45) is 1.60. The van der Waals surface area contributed by atoms with Gasteiger partial charge in [0, 0.05) is 41.0 Å². The highest BCUT2D eigenvalue weighted by Gasteiger charge is 2.17. The normalized spacial score (nSPS) is 10.3. The van der Waals surface area contributed by atoms with E-state index in [1.54, 1.807) is 6.08 Å². The molecule has 2 aromatic heterocycles. The highest BCUT2D eigenvalue weighted by Crippen LogP contribution is 2.41. The summed E-state index contributed by atoms with van der Waals surface area (Å²) in [4.78, 5) is 3.86. The Balaban J connectivity index is 1.82. The highest BCUT2D eigenvalue weighted by atomic mass is 32.1. The Hall–Kier alpha value is -3.80. The van der Waals surface area contributed by atoms with Crippen molar-refractivity contribution in [3.05, 3.63) is 71.1 Å². The molecule has 0 fully saturated rings. The van der Waals surface area contributed by atoms with Gasteiger partial charge in [0.25, 0.3) is 0 Å². The minimum atomic E-state index is 0.0874. The van der Waals surface area contributed by atoms with E-state index in [0.717, 1.165) is 43.3 Å². The van der Waals surface area contributed by atoms with Crippen LogP contribution in [-0.2, 0) is 0 Å². The topological polar surface area (TPSA) is 64.0 Å². The SMILES string of the molecule is CN(C)c1ccc(-c2oc(-c3ccc(C=C(C#N)C#N)s3)c3ccccc23)cc1. The Morgan fingerprint density at radius 3 is 2.17 bits per heavy atom. The first-order valence-electron chi connectivity index (χ1n) is 9.02. The molecule has 0 N–H and O–H groups in total. The summed E-state index contributed by atoms with van der Waals surface area (Å²) >= 11 is 1.50. The van der Waals surface area contributed by atoms with Crippen LogP contribution < -0.4 is 4.90 Å². The molecule has 29 heavy (non-hydrogen) atoms. The molecule has 0 saturated carbocycles. The van der Waals surface area contributed by atoms with Crippen LogP contribution in [0.4, 0.5) is 5.69 Å². The molecule has 0 saturated heterocycles. The molecule has 4 nitrogen and oxygen atoms in total. The molecule has 140 valence electrons. The molecule has 5 heteroatoms. The van der Waals surface area contributed by atoms with Gasteiger partial charge in [-0.15, -0.1) is 11.3 Å². The van der Waals surface area contributed by atoms with Crippen molar-refractivity contribution < 1.29 is 4.42 Å². The van der Waals surface area contributed by atoms with E-state index in [1.165, 1.54) is 11.3 Å². The standard InChI is InChI=1S/C24H17N3OS/c1-27(2)18-9-7-17(8-10-18)23-20-5-3-4-6-21(20)24(28-23)22-12-11-19(29-22)13-16(14-25)15-26/h3-13H,1-2H3. The molecule has 0 radical (unpaired) electrons. The second-order valence-corrected chi connectivity index (χ2v) is 7.85. The fourth-order valence-electron chi connectivity index (χ4n) is 3.18. The minimum absolute atomic E-state index is 0.0874. The first kappa shape index (κ1) is 18.6. The third kappa shape index (κ3) is 3.52. The largest absolute Gasteiger partial charge is 0.454 e. The van der Waals surface area contributed by atoms with Crippen LogP contribution in [0.2, 0.25) is 0 Å². The Bertz CT molecular complexity index is 1280. The van der Waals surface area contributed by atoms with E-state index in [1.807, 2.05) is 50.5 Å². The zero-order valence-electron chi connectivity index (χ0n) is 16.0. The van der Waals surface area contributed by atoms with Crippen molar-refractivity contribution in [2.45, 2.75) is 0 Å². The van der Waals surface area contributed by atoms with Crippen LogP contribution in [0.25, 0.3) is 38.8 Å². The van der Waals surface area contributed by atoms with Gasteiger partial charge in [0.2, 0.25) is 0 Å². The second-order valence-electron chi connectivity index (χ2n) is 6.73. The van der Waals surface area contributed by atoms with E-state index in [0.29, 0.717) is 0 Å². The van der Waals surface area contributed by atoms with Gasteiger partial charge in [0.15, 0.2) is 5.76 Å². The number of anilines is 1. The van der Waals surface area contributed by atoms with Crippen molar-refractivity contribution in [1.29, 1.82) is 10.5 Å². The number of allylic oxidation sites excluding steroid dienone is 1. The zero-order chi connectivity index (χ0) is 20.4. The molecule has 0 unspecified atom stereocenters. The van der Waals surface area contributed by atoms with Gasteiger partial charge < -0.3 is 9.32 Å². The predicted molar refractivity (Wildman–Crippen MR) is 118 cm³/mol. The molecule has 0 aliphatic heterocycles. The summed E-state index contributed by atoms with van der Waals surface area (Å²) in [5.41, 5.74) is 2.24. The summed E-state index contributed by atoms with van der Waals surface area (Å²) < 4.78 is 6.35. The average Bonchev–Trinajstić information content (AvgIpc) is 3.36. The third-order valence-electron chi connectivity index (χ3n) is 4.64. The number of hydrogen-bond donors (Lipinski definition) is 0. The molecule has 2 aromatic carbocycles. The van der Waals surface area contributed by atoms with Gasteiger partial charge in [-0.1, -0.05) is 24.3 Å². The molecular formula is C24H17N3OS. The number of rotatable bonds is 4. The van der Waals surface area contributed by atoms with Crippen molar-refractivity contribution in [2.75, 3.05) is 19.0 Å². The van der Waals surface area contributed by atoms with Gasteiger partial charge >= 0.3 is 0 Å². The molecule has 0 aliphatic carbocycles. The van der Waals surface area contributed by atoms with Crippen LogP contribution in [0.15, 0.2) is 70.7 Å². The molecule has 0 bridgehead atoms. The second kappa shape index (κ2) is 7.67. The van der Waals surface area contributed by atoms with Gasteiger partial charge in [-0.2, -0.15) is 10.5 Å². The van der Waals surface area contributed by atoms with Gasteiger partial charge in [0.05, 0.1) is 4.88 Å². The van der Waals surface area contributed by atoms with Crippen LogP contribution in [0.3, 0.4) is 0 Å². The first-order valence-corrected chi connectivity index (χ1v) is 9.83.